The van der Waals surface area contributed by atoms with Crippen LogP contribution in [0.15, 0.2) is 60.2 Å². The Kier molecular flexibility index (Phi) is 7.23. The van der Waals surface area contributed by atoms with Crippen LogP contribution < -0.4 is 4.74 Å². The number of methoxy groups -OCH3 is 1. The van der Waals surface area contributed by atoms with Crippen molar-refractivity contribution in [3.05, 3.63) is 71.3 Å². The predicted octanol–water partition coefficient (Wildman–Crippen LogP) is 4.65. The largest absolute Gasteiger partial charge is 0.496 e. The minimum absolute atomic E-state index is 0. The first-order valence-electron chi connectivity index (χ1n) is 9.11. The number of hydrogen-bond donors (Lipinski definition) is 0. The summed E-state index contributed by atoms with van der Waals surface area (Å²) in [6.07, 6.45) is 4.51. The Morgan fingerprint density at radius 3 is 2.41 bits per heavy atom. The van der Waals surface area contributed by atoms with E-state index in [4.69, 9.17) is 4.74 Å². The van der Waals surface area contributed by atoms with Gasteiger partial charge in [-0.05, 0) is 56.6 Å². The molecule has 1 aliphatic carbocycles. The number of allylic oxidation sites excluding steroid dienone is 1. The summed E-state index contributed by atoms with van der Waals surface area (Å²) in [6.45, 7) is 0.768. The van der Waals surface area contributed by atoms with Gasteiger partial charge in [0.25, 0.3) is 0 Å². The molecule has 0 heterocycles. The van der Waals surface area contributed by atoms with Gasteiger partial charge in [-0.15, -0.1) is 12.4 Å². The third-order valence-corrected chi connectivity index (χ3v) is 5.12. The standard InChI is InChI=1S/C23H27NO2.ClH/c1-24(2)17-23(16-18-9-5-4-6-10-18)14-13-20(22(23)25)15-19-11-7-8-12-21(19)26-3;/h4-12,15H,13-14,16-17H2,1-3H3;1H. The van der Waals surface area contributed by atoms with Crippen LogP contribution in [0.25, 0.3) is 6.08 Å². The van der Waals surface area contributed by atoms with Crippen molar-refractivity contribution in [2.45, 2.75) is 19.3 Å². The Hall–Kier alpha value is -2.10. The normalized spacial score (nSPS) is 20.7. The number of nitrogens with zero attached hydrogens (tertiary/aromatic N) is 1. The molecule has 2 aromatic carbocycles. The smallest absolute Gasteiger partial charge is 0.166 e. The number of halogens is 1. The Balaban J connectivity index is 0.00000261. The number of ether oxygens (including phenoxy) is 1. The predicted molar refractivity (Wildman–Crippen MR) is 114 cm³/mol. The molecule has 0 saturated heterocycles. The number of carbonyl (C=O) groups excluding carboxylic acids is 1. The average Bonchev–Trinajstić information content (AvgIpc) is 2.92. The van der Waals surface area contributed by atoms with Gasteiger partial charge in [0.05, 0.1) is 12.5 Å². The van der Waals surface area contributed by atoms with E-state index in [2.05, 4.69) is 17.0 Å². The minimum atomic E-state index is -0.349. The molecule has 1 fully saturated rings. The fraction of sp³-hybridized carbons (Fsp3) is 0.348. The number of benzene rings is 2. The van der Waals surface area contributed by atoms with Crippen LogP contribution in [-0.4, -0.2) is 38.4 Å². The third-order valence-electron chi connectivity index (χ3n) is 5.12. The highest BCUT2D eigenvalue weighted by Gasteiger charge is 2.45. The van der Waals surface area contributed by atoms with E-state index in [1.807, 2.05) is 62.6 Å². The fourth-order valence-electron chi connectivity index (χ4n) is 4.02. The second-order valence-corrected chi connectivity index (χ2v) is 7.42. The second kappa shape index (κ2) is 9.20. The van der Waals surface area contributed by atoms with E-state index in [0.717, 1.165) is 42.7 Å². The highest BCUT2D eigenvalue weighted by molar-refractivity contribution is 6.06. The van der Waals surface area contributed by atoms with E-state index < -0.39 is 0 Å². The first kappa shape index (κ1) is 21.2. The molecule has 27 heavy (non-hydrogen) atoms. The molecule has 0 aliphatic heterocycles. The van der Waals surface area contributed by atoms with Crippen molar-refractivity contribution >= 4 is 24.3 Å². The van der Waals surface area contributed by atoms with Gasteiger partial charge in [0, 0.05) is 12.1 Å². The maximum absolute atomic E-state index is 13.4. The summed E-state index contributed by atoms with van der Waals surface area (Å²) >= 11 is 0. The van der Waals surface area contributed by atoms with Gasteiger partial charge in [-0.1, -0.05) is 48.5 Å². The number of ketones is 1. The van der Waals surface area contributed by atoms with Crippen LogP contribution in [0.2, 0.25) is 0 Å². The maximum Gasteiger partial charge on any atom is 0.166 e. The summed E-state index contributed by atoms with van der Waals surface area (Å²) < 4.78 is 5.44. The molecule has 0 spiro atoms. The summed E-state index contributed by atoms with van der Waals surface area (Å²) in [5.41, 5.74) is 2.76. The molecule has 144 valence electrons. The van der Waals surface area contributed by atoms with Gasteiger partial charge < -0.3 is 9.64 Å². The van der Waals surface area contributed by atoms with E-state index in [1.165, 1.54) is 5.56 Å². The summed E-state index contributed by atoms with van der Waals surface area (Å²) in [7, 11) is 5.75. The third kappa shape index (κ3) is 4.79. The van der Waals surface area contributed by atoms with Crippen LogP contribution in [0.1, 0.15) is 24.0 Å². The minimum Gasteiger partial charge on any atom is -0.496 e. The van der Waals surface area contributed by atoms with Gasteiger partial charge in [0.15, 0.2) is 5.78 Å². The quantitative estimate of drug-likeness (QED) is 0.677. The molecule has 0 N–H and O–H groups in total. The topological polar surface area (TPSA) is 29.5 Å². The molecule has 1 atom stereocenters. The van der Waals surface area contributed by atoms with Crippen LogP contribution in [-0.2, 0) is 11.2 Å². The zero-order valence-corrected chi connectivity index (χ0v) is 17.1. The van der Waals surface area contributed by atoms with Crippen LogP contribution in [0.5, 0.6) is 5.75 Å². The second-order valence-electron chi connectivity index (χ2n) is 7.42. The number of para-hydroxylation sites is 1. The van der Waals surface area contributed by atoms with Gasteiger partial charge in [-0.3, -0.25) is 4.79 Å². The number of carbonyl (C=O) groups is 1. The van der Waals surface area contributed by atoms with Gasteiger partial charge in [0.2, 0.25) is 0 Å². The average molecular weight is 386 g/mol. The lowest BCUT2D eigenvalue weighted by molar-refractivity contribution is -0.123. The van der Waals surface area contributed by atoms with Gasteiger partial charge in [0.1, 0.15) is 5.75 Å². The zero-order valence-electron chi connectivity index (χ0n) is 16.3. The monoisotopic (exact) mass is 385 g/mol. The summed E-state index contributed by atoms with van der Waals surface area (Å²) in [4.78, 5) is 15.6. The molecule has 0 aromatic heterocycles. The number of rotatable bonds is 6. The Morgan fingerprint density at radius 1 is 1.07 bits per heavy atom. The lowest BCUT2D eigenvalue weighted by Crippen LogP contribution is -2.39. The lowest BCUT2D eigenvalue weighted by atomic mass is 9.78. The van der Waals surface area contributed by atoms with Gasteiger partial charge >= 0.3 is 0 Å². The van der Waals surface area contributed by atoms with E-state index in [-0.39, 0.29) is 23.6 Å². The SMILES string of the molecule is COc1ccccc1C=C1CCC(Cc2ccccc2)(CN(C)C)C1=O.Cl. The van der Waals surface area contributed by atoms with Crippen LogP contribution >= 0.6 is 12.4 Å². The van der Waals surface area contributed by atoms with Crippen molar-refractivity contribution < 1.29 is 9.53 Å². The zero-order chi connectivity index (χ0) is 18.6. The number of Topliss-reactive ketones (excluding diaryl/α,β-unsaturated/α-hetero) is 1. The van der Waals surface area contributed by atoms with E-state index >= 15 is 0 Å². The summed E-state index contributed by atoms with van der Waals surface area (Å²) in [5, 5.41) is 0. The molecule has 4 heteroatoms. The van der Waals surface area contributed by atoms with Gasteiger partial charge in [-0.25, -0.2) is 0 Å². The highest BCUT2D eigenvalue weighted by Crippen LogP contribution is 2.42. The summed E-state index contributed by atoms with van der Waals surface area (Å²) in [6, 6.07) is 18.2. The molecule has 3 nitrogen and oxygen atoms in total. The fourth-order valence-corrected chi connectivity index (χ4v) is 4.02. The highest BCUT2D eigenvalue weighted by atomic mass is 35.5. The first-order valence-corrected chi connectivity index (χ1v) is 9.11. The lowest BCUT2D eigenvalue weighted by Gasteiger charge is -2.30. The molecular formula is C23H28ClNO2. The van der Waals surface area contributed by atoms with Crippen molar-refractivity contribution in [1.29, 1.82) is 0 Å². The van der Waals surface area contributed by atoms with Crippen LogP contribution in [0.3, 0.4) is 0 Å². The van der Waals surface area contributed by atoms with E-state index in [1.54, 1.807) is 7.11 Å². The molecule has 1 saturated carbocycles. The summed E-state index contributed by atoms with van der Waals surface area (Å²) in [5.74, 6) is 1.09. The molecule has 0 amide bonds. The van der Waals surface area contributed by atoms with Crippen LogP contribution in [0, 0.1) is 5.41 Å². The van der Waals surface area contributed by atoms with Crippen LogP contribution in [0.4, 0.5) is 0 Å². The molecule has 2 aromatic rings. The molecule has 1 unspecified atom stereocenters. The molecule has 1 aliphatic rings. The van der Waals surface area contributed by atoms with E-state index in [0.29, 0.717) is 0 Å². The molecular weight excluding hydrogens is 358 g/mol. The van der Waals surface area contributed by atoms with Crippen molar-refractivity contribution in [3.8, 4) is 5.75 Å². The molecule has 0 bridgehead atoms. The van der Waals surface area contributed by atoms with Crippen molar-refractivity contribution in [3.63, 3.8) is 0 Å². The Bertz CT molecular complexity index is 801. The maximum atomic E-state index is 13.4. The Morgan fingerprint density at radius 2 is 1.74 bits per heavy atom. The van der Waals surface area contributed by atoms with Crippen molar-refractivity contribution in [2.75, 3.05) is 27.7 Å². The molecule has 0 radical (unpaired) electrons. The van der Waals surface area contributed by atoms with Crippen molar-refractivity contribution in [1.82, 2.24) is 4.90 Å². The van der Waals surface area contributed by atoms with E-state index in [9.17, 15) is 4.79 Å². The number of hydrogen-bond acceptors (Lipinski definition) is 3. The van der Waals surface area contributed by atoms with Gasteiger partial charge in [-0.2, -0.15) is 0 Å². The van der Waals surface area contributed by atoms with Crippen molar-refractivity contribution in [2.24, 2.45) is 5.41 Å². The first-order chi connectivity index (χ1) is 12.5. The Labute approximate surface area is 168 Å². The molecule has 3 rings (SSSR count).